The monoisotopic (exact) mass is 410 g/mol. The Kier molecular flexibility index (Phi) is 5.54. The third kappa shape index (κ3) is 3.86. The molecule has 9 heteroatoms. The van der Waals surface area contributed by atoms with Gasteiger partial charge in [0.2, 0.25) is 23.1 Å². The predicted octanol–water partition coefficient (Wildman–Crippen LogP) is 2.66. The zero-order valence-electron chi connectivity index (χ0n) is 15.9. The van der Waals surface area contributed by atoms with Gasteiger partial charge in [-0.2, -0.15) is 0 Å². The number of nitrogens with two attached hydrogens (primary N) is 1. The van der Waals surface area contributed by atoms with E-state index in [0.717, 1.165) is 4.90 Å². The summed E-state index contributed by atoms with van der Waals surface area (Å²) in [7, 11) is 0. The Bertz CT molecular complexity index is 1090. The number of anilines is 1. The Labute approximate surface area is 171 Å². The molecule has 0 saturated carbocycles. The van der Waals surface area contributed by atoms with Gasteiger partial charge in [-0.05, 0) is 19.1 Å². The van der Waals surface area contributed by atoms with Crippen LogP contribution >= 0.6 is 0 Å². The average Bonchev–Trinajstić information content (AvgIpc) is 2.69. The summed E-state index contributed by atoms with van der Waals surface area (Å²) in [4.78, 5) is 49.0. The number of carboxylic acid groups (broad SMARTS) is 1. The number of hydrogen-bond donors (Lipinski definition) is 3. The molecule has 1 unspecified atom stereocenters. The van der Waals surface area contributed by atoms with Crippen LogP contribution in [0.3, 0.4) is 0 Å². The van der Waals surface area contributed by atoms with Gasteiger partial charge in [0.05, 0.1) is 6.42 Å². The number of amides is 2. The Morgan fingerprint density at radius 2 is 1.70 bits per heavy atom. The van der Waals surface area contributed by atoms with Crippen LogP contribution in [0.4, 0.5) is 10.5 Å². The molecule has 154 valence electrons. The van der Waals surface area contributed by atoms with Crippen LogP contribution in [0.1, 0.15) is 34.1 Å². The minimum absolute atomic E-state index is 0.0448. The van der Waals surface area contributed by atoms with Crippen molar-refractivity contribution in [3.63, 3.8) is 0 Å². The maximum atomic E-state index is 12.7. The molecule has 9 nitrogen and oxygen atoms in total. The van der Waals surface area contributed by atoms with Crippen molar-refractivity contribution < 1.29 is 34.1 Å². The fourth-order valence-electron chi connectivity index (χ4n) is 3.19. The van der Waals surface area contributed by atoms with E-state index < -0.39 is 41.1 Å². The third-order valence-corrected chi connectivity index (χ3v) is 4.52. The number of carbonyl (C=O) groups is 4. The molecule has 2 aromatic carbocycles. The van der Waals surface area contributed by atoms with Crippen molar-refractivity contribution in [3.05, 3.63) is 71.2 Å². The summed E-state index contributed by atoms with van der Waals surface area (Å²) in [5.74, 6) is -3.84. The first kappa shape index (κ1) is 20.6. The molecule has 1 atom stereocenters. The van der Waals surface area contributed by atoms with E-state index in [9.17, 15) is 24.3 Å². The lowest BCUT2D eigenvalue weighted by Gasteiger charge is -2.27. The van der Waals surface area contributed by atoms with Gasteiger partial charge in [0, 0.05) is 28.9 Å². The second-order valence-corrected chi connectivity index (χ2v) is 6.64. The summed E-state index contributed by atoms with van der Waals surface area (Å²) in [5.41, 5.74) is 5.80. The van der Waals surface area contributed by atoms with Gasteiger partial charge < -0.3 is 20.7 Å². The maximum absolute atomic E-state index is 12.7. The van der Waals surface area contributed by atoms with Crippen LogP contribution in [-0.4, -0.2) is 39.8 Å². The number of rotatable bonds is 6. The molecule has 0 spiro atoms. The molecule has 0 aliphatic heterocycles. The summed E-state index contributed by atoms with van der Waals surface area (Å²) in [5, 5.41) is 19.2. The van der Waals surface area contributed by atoms with E-state index >= 15 is 0 Å². The van der Waals surface area contributed by atoms with Crippen molar-refractivity contribution in [3.8, 4) is 5.75 Å². The van der Waals surface area contributed by atoms with Crippen LogP contribution in [0.2, 0.25) is 0 Å². The van der Waals surface area contributed by atoms with Crippen LogP contribution in [-0.2, 0) is 4.79 Å². The van der Waals surface area contributed by atoms with Crippen LogP contribution in [0.15, 0.2) is 60.0 Å². The molecule has 0 aromatic heterocycles. The number of fused-ring (bicyclic) bond motifs is 1. The highest BCUT2D eigenvalue weighted by molar-refractivity contribution is 6.25. The number of urea groups is 1. The highest BCUT2D eigenvalue weighted by Gasteiger charge is 2.34. The summed E-state index contributed by atoms with van der Waals surface area (Å²) >= 11 is 0. The number of allylic oxidation sites excluding steroid dienone is 2. The Morgan fingerprint density at radius 3 is 2.30 bits per heavy atom. The Morgan fingerprint density at radius 1 is 1.07 bits per heavy atom. The molecular weight excluding hydrogens is 392 g/mol. The molecule has 4 N–H and O–H groups in total. The van der Waals surface area contributed by atoms with Crippen molar-refractivity contribution in [1.82, 2.24) is 0 Å². The quantitative estimate of drug-likeness (QED) is 0.663. The fourth-order valence-corrected chi connectivity index (χ4v) is 3.19. The van der Waals surface area contributed by atoms with Crippen LogP contribution in [0, 0.1) is 0 Å². The normalized spacial score (nSPS) is 14.2. The summed E-state index contributed by atoms with van der Waals surface area (Å²) in [6.45, 7) is 1.51. The van der Waals surface area contributed by atoms with E-state index in [0.29, 0.717) is 0 Å². The van der Waals surface area contributed by atoms with Crippen molar-refractivity contribution in [1.29, 1.82) is 0 Å². The molecule has 1 aliphatic carbocycles. The summed E-state index contributed by atoms with van der Waals surface area (Å²) in [6.07, 6.45) is -0.344. The van der Waals surface area contributed by atoms with E-state index in [1.165, 1.54) is 43.3 Å². The van der Waals surface area contributed by atoms with Gasteiger partial charge in [-0.1, -0.05) is 30.3 Å². The van der Waals surface area contributed by atoms with Gasteiger partial charge in [-0.3, -0.25) is 19.3 Å². The molecule has 0 bridgehead atoms. The third-order valence-electron chi connectivity index (χ3n) is 4.52. The molecule has 1 aliphatic rings. The lowest BCUT2D eigenvalue weighted by atomic mass is 9.92. The lowest BCUT2D eigenvalue weighted by Crippen LogP contribution is -2.43. The number of hydrogen-bond acceptors (Lipinski definition) is 6. The van der Waals surface area contributed by atoms with E-state index in [4.69, 9.17) is 15.6 Å². The number of Topliss-reactive ketones (excluding diaryl/α,β-unsaturated/α-hetero) is 2. The van der Waals surface area contributed by atoms with Gasteiger partial charge in [0.15, 0.2) is 0 Å². The minimum atomic E-state index is -1.11. The molecule has 2 aromatic rings. The molecular formula is C21H18N2O7. The number of ketones is 2. The fraction of sp³-hybridized carbons (Fsp3) is 0.143. The molecule has 3 rings (SSSR count). The van der Waals surface area contributed by atoms with Gasteiger partial charge in [0.25, 0.3) is 0 Å². The van der Waals surface area contributed by atoms with E-state index in [-0.39, 0.29) is 29.0 Å². The van der Waals surface area contributed by atoms with Gasteiger partial charge in [-0.15, -0.1) is 0 Å². The first-order valence-corrected chi connectivity index (χ1v) is 8.90. The standard InChI is InChI=1S/C21H18N2O7/c1-11(9-16(24)25)23(21(22)29)12-5-4-6-13(10-12)30-20-18(27)15-8-3-2-7-14(15)17(26)19(20)28/h2-8,10-11,28H,9H2,1H3,(H2,22,29)(H,24,25). The van der Waals surface area contributed by atoms with Crippen molar-refractivity contribution in [2.45, 2.75) is 19.4 Å². The summed E-state index contributed by atoms with van der Waals surface area (Å²) < 4.78 is 5.50. The Hall–Kier alpha value is -4.14. The number of carboxylic acids is 1. The highest BCUT2D eigenvalue weighted by atomic mass is 16.5. The zero-order valence-corrected chi connectivity index (χ0v) is 15.9. The number of carbonyl (C=O) groups excluding carboxylic acids is 3. The largest absolute Gasteiger partial charge is 0.501 e. The molecule has 2 amide bonds. The Balaban J connectivity index is 1.94. The number of aliphatic carboxylic acids is 1. The smallest absolute Gasteiger partial charge is 0.319 e. The summed E-state index contributed by atoms with van der Waals surface area (Å²) in [6, 6.07) is 10.2. The predicted molar refractivity (Wildman–Crippen MR) is 106 cm³/mol. The number of aliphatic hydroxyl groups excluding tert-OH is 1. The maximum Gasteiger partial charge on any atom is 0.319 e. The molecule has 0 heterocycles. The first-order chi connectivity index (χ1) is 14.2. The van der Waals surface area contributed by atoms with Crippen LogP contribution < -0.4 is 15.4 Å². The van der Waals surface area contributed by atoms with E-state index in [1.54, 1.807) is 12.1 Å². The number of aliphatic hydroxyl groups is 1. The van der Waals surface area contributed by atoms with Crippen molar-refractivity contribution >= 4 is 29.3 Å². The zero-order chi connectivity index (χ0) is 22.0. The first-order valence-electron chi connectivity index (χ1n) is 8.90. The van der Waals surface area contributed by atoms with E-state index in [1.807, 2.05) is 0 Å². The van der Waals surface area contributed by atoms with Gasteiger partial charge >= 0.3 is 12.0 Å². The lowest BCUT2D eigenvalue weighted by molar-refractivity contribution is -0.137. The number of ether oxygens (including phenoxy) is 1. The molecule has 0 radical (unpaired) electrons. The van der Waals surface area contributed by atoms with Crippen molar-refractivity contribution in [2.75, 3.05) is 4.90 Å². The van der Waals surface area contributed by atoms with E-state index in [2.05, 4.69) is 0 Å². The topological polar surface area (TPSA) is 147 Å². The van der Waals surface area contributed by atoms with Crippen LogP contribution in [0.25, 0.3) is 0 Å². The number of primary amides is 1. The second-order valence-electron chi connectivity index (χ2n) is 6.64. The van der Waals surface area contributed by atoms with Crippen molar-refractivity contribution in [2.24, 2.45) is 5.73 Å². The average molecular weight is 410 g/mol. The minimum Gasteiger partial charge on any atom is -0.501 e. The molecule has 0 saturated heterocycles. The van der Waals surface area contributed by atoms with Crippen LogP contribution in [0.5, 0.6) is 5.75 Å². The second kappa shape index (κ2) is 8.08. The van der Waals surface area contributed by atoms with Gasteiger partial charge in [-0.25, -0.2) is 4.79 Å². The highest BCUT2D eigenvalue weighted by Crippen LogP contribution is 2.30. The number of nitrogens with zero attached hydrogens (tertiary/aromatic N) is 1. The number of benzene rings is 2. The molecule has 0 fully saturated rings. The van der Waals surface area contributed by atoms with Gasteiger partial charge in [0.1, 0.15) is 5.75 Å². The molecule has 30 heavy (non-hydrogen) atoms. The SMILES string of the molecule is CC(CC(=O)O)N(C(N)=O)c1cccc(OC2=C(O)C(=O)c3ccccc3C2=O)c1.